The van der Waals surface area contributed by atoms with Crippen molar-refractivity contribution in [1.82, 2.24) is 19.9 Å². The molecule has 0 saturated heterocycles. The van der Waals surface area contributed by atoms with Gasteiger partial charge in [-0.25, -0.2) is 34.3 Å². The van der Waals surface area contributed by atoms with E-state index in [1.54, 1.807) is 96.1 Å². The van der Waals surface area contributed by atoms with Crippen LogP contribution in [0.4, 0.5) is 37.7 Å². The van der Waals surface area contributed by atoms with E-state index < -0.39 is 35.1 Å². The highest BCUT2D eigenvalue weighted by atomic mass is 79.9. The second kappa shape index (κ2) is 19.3. The quantitative estimate of drug-likeness (QED) is 0.187. The molecule has 0 atom stereocenters. The number of hydrogen-bond acceptors (Lipinski definition) is 11. The molecule has 0 fully saturated rings. The van der Waals surface area contributed by atoms with E-state index in [-0.39, 0.29) is 0 Å². The summed E-state index contributed by atoms with van der Waals surface area (Å²) in [7, 11) is 3.25. The maximum atomic E-state index is 12.1. The summed E-state index contributed by atoms with van der Waals surface area (Å²) in [5.41, 5.74) is 5.95. The lowest BCUT2D eigenvalue weighted by Gasteiger charge is -2.24. The Morgan fingerprint density at radius 1 is 0.604 bits per heavy atom. The average Bonchev–Trinajstić information content (AvgIpc) is 3.02. The standard InChI is InChI=1S/C16H20N4O2.C11H15BrN2O2.C10H13BrN2O2/c1-16(2,3)22-15(21)20(4)14-10-12(6-8-19-14)11-5-7-18-13(17)9-11;1-11(2,3)16-10(15)14(4)9-7-8(12)5-6-13-9;1-10(2,3)15-9(14)13-8-6-7(11)4-5-12-8/h5-10H,1-4H3,(H2,17,18);5-7H,1-4H3;4-6H,1-3H3,(H,12,13,14). The largest absolute Gasteiger partial charge is 0.444 e. The number of pyridine rings is 4. The summed E-state index contributed by atoms with van der Waals surface area (Å²) < 4.78 is 17.4. The van der Waals surface area contributed by atoms with E-state index in [9.17, 15) is 14.4 Å². The topological polar surface area (TPSA) is 175 Å². The lowest BCUT2D eigenvalue weighted by molar-refractivity contribution is 0.0577. The van der Waals surface area contributed by atoms with E-state index >= 15 is 0 Å². The molecule has 0 aliphatic carbocycles. The number of amides is 3. The lowest BCUT2D eigenvalue weighted by atomic mass is 10.1. The van der Waals surface area contributed by atoms with Gasteiger partial charge in [0.15, 0.2) is 0 Å². The van der Waals surface area contributed by atoms with Gasteiger partial charge in [0.2, 0.25) is 0 Å². The number of ether oxygens (including phenoxy) is 3. The minimum Gasteiger partial charge on any atom is -0.444 e. The van der Waals surface area contributed by atoms with Gasteiger partial charge in [-0.1, -0.05) is 31.9 Å². The molecule has 286 valence electrons. The third-order valence-electron chi connectivity index (χ3n) is 5.94. The van der Waals surface area contributed by atoms with E-state index in [0.717, 1.165) is 20.1 Å². The van der Waals surface area contributed by atoms with Crippen molar-refractivity contribution in [3.05, 3.63) is 82.3 Å². The van der Waals surface area contributed by atoms with Gasteiger partial charge in [-0.05, 0) is 122 Å². The number of nitrogens with two attached hydrogens (primary N) is 1. The summed E-state index contributed by atoms with van der Waals surface area (Å²) in [5.74, 6) is 1.95. The summed E-state index contributed by atoms with van der Waals surface area (Å²) in [6.45, 7) is 16.4. The number of carbonyl (C=O) groups excluding carboxylic acids is 3. The zero-order chi connectivity index (χ0) is 40.1. The van der Waals surface area contributed by atoms with Gasteiger partial charge in [-0.3, -0.25) is 15.1 Å². The summed E-state index contributed by atoms with van der Waals surface area (Å²) in [4.78, 5) is 54.1. The Kier molecular flexibility index (Phi) is 16.1. The highest BCUT2D eigenvalue weighted by Gasteiger charge is 2.22. The molecular formula is C37H48Br2N8O6. The number of hydrogen-bond donors (Lipinski definition) is 2. The first kappa shape index (κ1) is 44.3. The number of rotatable bonds is 4. The summed E-state index contributed by atoms with van der Waals surface area (Å²) in [6.07, 6.45) is 5.12. The van der Waals surface area contributed by atoms with Crippen LogP contribution in [0.15, 0.2) is 82.3 Å². The molecule has 0 aromatic carbocycles. The third-order valence-corrected chi connectivity index (χ3v) is 6.93. The maximum Gasteiger partial charge on any atom is 0.415 e. The number of nitrogens with one attached hydrogen (secondary N) is 1. The first-order valence-electron chi connectivity index (χ1n) is 16.3. The molecule has 4 rings (SSSR count). The number of carbonyl (C=O) groups is 3. The van der Waals surface area contributed by atoms with Gasteiger partial charge in [0.05, 0.1) is 0 Å². The zero-order valence-corrected chi connectivity index (χ0v) is 35.1. The molecule has 4 aromatic rings. The van der Waals surface area contributed by atoms with Gasteiger partial charge in [-0.15, -0.1) is 0 Å². The summed E-state index contributed by atoms with van der Waals surface area (Å²) >= 11 is 6.60. The minimum absolute atomic E-state index is 0.418. The molecule has 0 radical (unpaired) electrons. The Morgan fingerprint density at radius 2 is 1.02 bits per heavy atom. The molecule has 0 spiro atoms. The maximum absolute atomic E-state index is 12.1. The van der Waals surface area contributed by atoms with Crippen LogP contribution in [0.1, 0.15) is 62.3 Å². The molecule has 0 bridgehead atoms. The molecule has 3 N–H and O–H groups in total. The molecule has 0 aliphatic heterocycles. The molecule has 4 aromatic heterocycles. The fraction of sp³-hybridized carbons (Fsp3) is 0.378. The molecule has 16 heteroatoms. The van der Waals surface area contributed by atoms with Crippen molar-refractivity contribution in [3.8, 4) is 11.1 Å². The fourth-order valence-corrected chi connectivity index (χ4v) is 4.37. The van der Waals surface area contributed by atoms with Gasteiger partial charge < -0.3 is 19.9 Å². The van der Waals surface area contributed by atoms with E-state index in [1.165, 1.54) is 9.80 Å². The Bertz CT molecular complexity index is 1840. The minimum atomic E-state index is -0.553. The van der Waals surface area contributed by atoms with Crippen LogP contribution in [-0.2, 0) is 14.2 Å². The van der Waals surface area contributed by atoms with Crippen molar-refractivity contribution < 1.29 is 28.6 Å². The highest BCUT2D eigenvalue weighted by molar-refractivity contribution is 9.10. The van der Waals surface area contributed by atoms with E-state index in [2.05, 4.69) is 57.1 Å². The van der Waals surface area contributed by atoms with Crippen molar-refractivity contribution in [3.63, 3.8) is 0 Å². The van der Waals surface area contributed by atoms with E-state index in [4.69, 9.17) is 19.9 Å². The number of halogens is 2. The van der Waals surface area contributed by atoms with Crippen LogP contribution < -0.4 is 20.9 Å². The molecule has 14 nitrogen and oxygen atoms in total. The van der Waals surface area contributed by atoms with Gasteiger partial charge in [0.1, 0.15) is 40.1 Å². The normalized spacial score (nSPS) is 11.0. The number of aromatic nitrogens is 4. The fourth-order valence-electron chi connectivity index (χ4n) is 3.72. The van der Waals surface area contributed by atoms with E-state index in [1.807, 2.05) is 53.7 Å². The van der Waals surface area contributed by atoms with Crippen LogP contribution in [0.2, 0.25) is 0 Å². The van der Waals surface area contributed by atoms with Gasteiger partial charge in [0.25, 0.3) is 0 Å². The predicted octanol–water partition coefficient (Wildman–Crippen LogP) is 9.50. The van der Waals surface area contributed by atoms with Crippen molar-refractivity contribution in [2.45, 2.75) is 79.1 Å². The smallest absolute Gasteiger partial charge is 0.415 e. The number of nitrogen functional groups attached to an aromatic ring is 1. The van der Waals surface area contributed by atoms with Crippen LogP contribution in [0, 0.1) is 0 Å². The lowest BCUT2D eigenvalue weighted by Crippen LogP contribution is -2.34. The molecule has 0 unspecified atom stereocenters. The Morgan fingerprint density at radius 3 is 1.47 bits per heavy atom. The SMILES string of the molecule is CC(C)(C)OC(=O)Nc1cc(Br)ccn1.CN(C(=O)OC(C)(C)C)c1cc(-c2ccnc(N)c2)ccn1.CN(C(=O)OC(C)(C)C)c1cc(Br)ccn1. The van der Waals surface area contributed by atoms with Gasteiger partial charge in [0, 0.05) is 47.8 Å². The van der Waals surface area contributed by atoms with Crippen LogP contribution in [0.25, 0.3) is 11.1 Å². The number of nitrogens with zero attached hydrogens (tertiary/aromatic N) is 6. The average molecular weight is 861 g/mol. The Balaban J connectivity index is 0.000000282. The molecule has 0 saturated carbocycles. The molecule has 0 aliphatic rings. The molecule has 4 heterocycles. The summed E-state index contributed by atoms with van der Waals surface area (Å²) in [5, 5.41) is 2.54. The van der Waals surface area contributed by atoms with Crippen LogP contribution in [-0.4, -0.2) is 69.1 Å². The first-order chi connectivity index (χ1) is 24.4. The van der Waals surface area contributed by atoms with Crippen molar-refractivity contribution >= 4 is 73.4 Å². The monoisotopic (exact) mass is 858 g/mol. The van der Waals surface area contributed by atoms with Gasteiger partial charge >= 0.3 is 18.3 Å². The molecular weight excluding hydrogens is 812 g/mol. The molecule has 53 heavy (non-hydrogen) atoms. The Labute approximate surface area is 328 Å². The summed E-state index contributed by atoms with van der Waals surface area (Å²) in [6, 6.07) is 14.3. The second-order valence-electron chi connectivity index (χ2n) is 14.3. The van der Waals surface area contributed by atoms with Crippen LogP contribution in [0.3, 0.4) is 0 Å². The zero-order valence-electron chi connectivity index (χ0n) is 31.9. The highest BCUT2D eigenvalue weighted by Crippen LogP contribution is 2.24. The van der Waals surface area contributed by atoms with Crippen molar-refractivity contribution in [2.24, 2.45) is 0 Å². The number of anilines is 4. The Hall–Kier alpha value is -4.83. The molecule has 3 amide bonds. The van der Waals surface area contributed by atoms with E-state index in [0.29, 0.717) is 23.3 Å². The van der Waals surface area contributed by atoms with Crippen molar-refractivity contribution in [2.75, 3.05) is 34.9 Å². The van der Waals surface area contributed by atoms with Crippen LogP contribution >= 0.6 is 31.9 Å². The van der Waals surface area contributed by atoms with Crippen molar-refractivity contribution in [1.29, 1.82) is 0 Å². The van der Waals surface area contributed by atoms with Crippen LogP contribution in [0.5, 0.6) is 0 Å². The first-order valence-corrected chi connectivity index (χ1v) is 17.9. The predicted molar refractivity (Wildman–Crippen MR) is 215 cm³/mol. The van der Waals surface area contributed by atoms with Gasteiger partial charge in [-0.2, -0.15) is 0 Å². The third kappa shape index (κ3) is 17.5. The second-order valence-corrected chi connectivity index (χ2v) is 16.1.